The first-order chi connectivity index (χ1) is 9.02. The fourth-order valence-electron chi connectivity index (χ4n) is 1.79. The molecule has 0 aliphatic heterocycles. The summed E-state index contributed by atoms with van der Waals surface area (Å²) in [6.45, 7) is 1.86. The van der Waals surface area contributed by atoms with E-state index in [1.165, 1.54) is 0 Å². The molecular formula is C15H12Cl2O2. The Bertz CT molecular complexity index is 636. The zero-order chi connectivity index (χ0) is 14.0. The van der Waals surface area contributed by atoms with Crippen LogP contribution in [0.4, 0.5) is 0 Å². The topological polar surface area (TPSA) is 26.3 Å². The van der Waals surface area contributed by atoms with Crippen LogP contribution in [0.25, 0.3) is 0 Å². The maximum atomic E-state index is 12.5. The second kappa shape index (κ2) is 5.64. The minimum atomic E-state index is -0.146. The van der Waals surface area contributed by atoms with Crippen molar-refractivity contribution in [3.63, 3.8) is 0 Å². The molecule has 0 spiro atoms. The molecule has 2 rings (SSSR count). The Morgan fingerprint density at radius 1 is 1.05 bits per heavy atom. The van der Waals surface area contributed by atoms with E-state index >= 15 is 0 Å². The number of carbonyl (C=O) groups excluding carboxylic acids is 1. The van der Waals surface area contributed by atoms with Crippen LogP contribution >= 0.6 is 23.2 Å². The Kier molecular flexibility index (Phi) is 4.13. The summed E-state index contributed by atoms with van der Waals surface area (Å²) in [5.41, 5.74) is 1.86. The van der Waals surface area contributed by atoms with Gasteiger partial charge in [-0.1, -0.05) is 29.3 Å². The molecule has 0 aliphatic carbocycles. The molecule has 2 aromatic carbocycles. The average molecular weight is 295 g/mol. The van der Waals surface area contributed by atoms with Gasteiger partial charge >= 0.3 is 0 Å². The standard InChI is InChI=1S/C15H12Cl2O2/c1-9-3-4-10(16)7-13(9)15(18)12-6-5-11(19-2)8-14(12)17/h3-8H,1-2H3. The van der Waals surface area contributed by atoms with Crippen LogP contribution in [0.5, 0.6) is 5.75 Å². The lowest BCUT2D eigenvalue weighted by Gasteiger charge is -2.08. The summed E-state index contributed by atoms with van der Waals surface area (Å²) in [7, 11) is 1.55. The SMILES string of the molecule is COc1ccc(C(=O)c2cc(Cl)ccc2C)c(Cl)c1. The number of hydrogen-bond acceptors (Lipinski definition) is 2. The number of methoxy groups -OCH3 is 1. The van der Waals surface area contributed by atoms with E-state index in [0.717, 1.165) is 5.56 Å². The van der Waals surface area contributed by atoms with Crippen LogP contribution in [0.15, 0.2) is 36.4 Å². The predicted molar refractivity (Wildman–Crippen MR) is 77.6 cm³/mol. The Morgan fingerprint density at radius 3 is 2.42 bits per heavy atom. The predicted octanol–water partition coefficient (Wildman–Crippen LogP) is 4.54. The first kappa shape index (κ1) is 13.9. The molecule has 98 valence electrons. The molecular weight excluding hydrogens is 283 g/mol. The van der Waals surface area contributed by atoms with Crippen molar-refractivity contribution in [2.75, 3.05) is 7.11 Å². The molecule has 2 aromatic rings. The summed E-state index contributed by atoms with van der Waals surface area (Å²) in [5.74, 6) is 0.469. The molecule has 0 aromatic heterocycles. The fourth-order valence-corrected chi connectivity index (χ4v) is 2.22. The lowest BCUT2D eigenvalue weighted by Crippen LogP contribution is -2.04. The van der Waals surface area contributed by atoms with E-state index in [1.54, 1.807) is 37.4 Å². The van der Waals surface area contributed by atoms with E-state index in [9.17, 15) is 4.79 Å². The summed E-state index contributed by atoms with van der Waals surface area (Å²) in [5, 5.41) is 0.891. The summed E-state index contributed by atoms with van der Waals surface area (Å²) >= 11 is 12.0. The molecule has 0 atom stereocenters. The second-order valence-electron chi connectivity index (χ2n) is 4.13. The first-order valence-electron chi connectivity index (χ1n) is 5.67. The summed E-state index contributed by atoms with van der Waals surface area (Å²) in [6, 6.07) is 10.2. The monoisotopic (exact) mass is 294 g/mol. The zero-order valence-corrected chi connectivity index (χ0v) is 12.0. The van der Waals surface area contributed by atoms with Gasteiger partial charge in [0.25, 0.3) is 0 Å². The smallest absolute Gasteiger partial charge is 0.194 e. The van der Waals surface area contributed by atoms with Crippen LogP contribution < -0.4 is 4.74 Å². The number of hydrogen-bond donors (Lipinski definition) is 0. The highest BCUT2D eigenvalue weighted by Gasteiger charge is 2.15. The van der Waals surface area contributed by atoms with E-state index in [-0.39, 0.29) is 5.78 Å². The second-order valence-corrected chi connectivity index (χ2v) is 4.98. The number of ether oxygens (including phenoxy) is 1. The van der Waals surface area contributed by atoms with Gasteiger partial charge in [-0.25, -0.2) is 0 Å². The third-order valence-electron chi connectivity index (χ3n) is 2.87. The largest absolute Gasteiger partial charge is 0.497 e. The molecule has 2 nitrogen and oxygen atoms in total. The molecule has 0 saturated heterocycles. The van der Waals surface area contributed by atoms with Gasteiger partial charge in [-0.2, -0.15) is 0 Å². The van der Waals surface area contributed by atoms with Crippen molar-refractivity contribution < 1.29 is 9.53 Å². The maximum absolute atomic E-state index is 12.5. The van der Waals surface area contributed by atoms with Crippen molar-refractivity contribution in [3.8, 4) is 5.75 Å². The Hall–Kier alpha value is -1.51. The molecule has 19 heavy (non-hydrogen) atoms. The fraction of sp³-hybridized carbons (Fsp3) is 0.133. The molecule has 0 fully saturated rings. The number of ketones is 1. The van der Waals surface area contributed by atoms with E-state index in [4.69, 9.17) is 27.9 Å². The molecule has 0 heterocycles. The molecule has 0 amide bonds. The maximum Gasteiger partial charge on any atom is 0.194 e. The highest BCUT2D eigenvalue weighted by molar-refractivity contribution is 6.35. The van der Waals surface area contributed by atoms with Crippen molar-refractivity contribution in [3.05, 3.63) is 63.1 Å². The molecule has 0 bridgehead atoms. The number of benzene rings is 2. The zero-order valence-electron chi connectivity index (χ0n) is 10.5. The van der Waals surface area contributed by atoms with E-state index < -0.39 is 0 Å². The normalized spacial score (nSPS) is 10.3. The van der Waals surface area contributed by atoms with E-state index in [2.05, 4.69) is 0 Å². The van der Waals surface area contributed by atoms with Crippen molar-refractivity contribution in [1.29, 1.82) is 0 Å². The molecule has 0 aliphatic rings. The molecule has 0 unspecified atom stereocenters. The van der Waals surface area contributed by atoms with Gasteiger partial charge in [-0.05, 0) is 42.8 Å². The summed E-state index contributed by atoms with van der Waals surface area (Å²) in [6.07, 6.45) is 0. The molecule has 0 radical (unpaired) electrons. The summed E-state index contributed by atoms with van der Waals surface area (Å²) < 4.78 is 5.06. The van der Waals surface area contributed by atoms with Crippen LogP contribution in [-0.2, 0) is 0 Å². The number of halogens is 2. The van der Waals surface area contributed by atoms with Gasteiger partial charge in [0, 0.05) is 16.1 Å². The number of aryl methyl sites for hydroxylation is 1. The van der Waals surface area contributed by atoms with Crippen LogP contribution in [0.1, 0.15) is 21.5 Å². The minimum absolute atomic E-state index is 0.146. The molecule has 0 saturated carbocycles. The summed E-state index contributed by atoms with van der Waals surface area (Å²) in [4.78, 5) is 12.5. The van der Waals surface area contributed by atoms with Gasteiger partial charge in [0.1, 0.15) is 5.75 Å². The lowest BCUT2D eigenvalue weighted by molar-refractivity contribution is 0.103. The molecule has 0 N–H and O–H groups in total. The Morgan fingerprint density at radius 2 is 1.79 bits per heavy atom. The van der Waals surface area contributed by atoms with Crippen molar-refractivity contribution in [2.24, 2.45) is 0 Å². The highest BCUT2D eigenvalue weighted by Crippen LogP contribution is 2.26. The quantitative estimate of drug-likeness (QED) is 0.777. The van der Waals surface area contributed by atoms with Gasteiger partial charge in [0.05, 0.1) is 12.1 Å². The van der Waals surface area contributed by atoms with Crippen LogP contribution in [-0.4, -0.2) is 12.9 Å². The van der Waals surface area contributed by atoms with Gasteiger partial charge in [0.2, 0.25) is 0 Å². The third kappa shape index (κ3) is 2.91. The number of rotatable bonds is 3. The van der Waals surface area contributed by atoms with Crippen molar-refractivity contribution in [2.45, 2.75) is 6.92 Å². The highest BCUT2D eigenvalue weighted by atomic mass is 35.5. The minimum Gasteiger partial charge on any atom is -0.497 e. The van der Waals surface area contributed by atoms with Gasteiger partial charge in [0.15, 0.2) is 5.78 Å². The average Bonchev–Trinajstić information content (AvgIpc) is 2.40. The Labute approximate surface area is 121 Å². The number of carbonyl (C=O) groups is 1. The van der Waals surface area contributed by atoms with Crippen LogP contribution in [0, 0.1) is 6.92 Å². The van der Waals surface area contributed by atoms with Crippen LogP contribution in [0.3, 0.4) is 0 Å². The first-order valence-corrected chi connectivity index (χ1v) is 6.43. The van der Waals surface area contributed by atoms with Gasteiger partial charge in [-0.15, -0.1) is 0 Å². The van der Waals surface area contributed by atoms with Gasteiger partial charge < -0.3 is 4.74 Å². The van der Waals surface area contributed by atoms with E-state index in [1.807, 2.05) is 13.0 Å². The van der Waals surface area contributed by atoms with Crippen molar-refractivity contribution >= 4 is 29.0 Å². The van der Waals surface area contributed by atoms with E-state index in [0.29, 0.717) is 26.9 Å². The molecule has 4 heteroatoms. The lowest BCUT2D eigenvalue weighted by atomic mass is 9.99. The Balaban J connectivity index is 2.47. The van der Waals surface area contributed by atoms with Crippen molar-refractivity contribution in [1.82, 2.24) is 0 Å². The van der Waals surface area contributed by atoms with Gasteiger partial charge in [-0.3, -0.25) is 4.79 Å². The third-order valence-corrected chi connectivity index (χ3v) is 3.41. The van der Waals surface area contributed by atoms with Crippen LogP contribution in [0.2, 0.25) is 10.0 Å².